The van der Waals surface area contributed by atoms with Crippen molar-refractivity contribution in [3.63, 3.8) is 0 Å². The van der Waals surface area contributed by atoms with Crippen molar-refractivity contribution in [2.45, 2.75) is 19.4 Å². The first kappa shape index (κ1) is 15.3. The highest BCUT2D eigenvalue weighted by molar-refractivity contribution is 6.30. The van der Waals surface area contributed by atoms with Crippen LogP contribution < -0.4 is 11.1 Å². The van der Waals surface area contributed by atoms with Gasteiger partial charge in [-0.3, -0.25) is 4.79 Å². The third-order valence-corrected chi connectivity index (χ3v) is 3.28. The molecular weight excluding hydrogens is 291 g/mol. The summed E-state index contributed by atoms with van der Waals surface area (Å²) in [6.07, 6.45) is 0.614. The number of nitrogens with two attached hydrogens (primary N) is 1. The molecule has 2 aromatic carbocycles. The van der Waals surface area contributed by atoms with Crippen molar-refractivity contribution in [1.82, 2.24) is 5.32 Å². The number of halogens is 2. The van der Waals surface area contributed by atoms with Crippen molar-refractivity contribution in [1.29, 1.82) is 0 Å². The molecule has 0 aliphatic heterocycles. The summed E-state index contributed by atoms with van der Waals surface area (Å²) in [4.78, 5) is 12.0. The fraction of sp³-hybridized carbons (Fsp3) is 0.188. The lowest BCUT2D eigenvalue weighted by Gasteiger charge is -2.14. The number of anilines is 1. The Bertz CT molecular complexity index is 660. The Morgan fingerprint density at radius 2 is 2.10 bits per heavy atom. The van der Waals surface area contributed by atoms with E-state index in [9.17, 15) is 9.18 Å². The van der Waals surface area contributed by atoms with Crippen LogP contribution >= 0.6 is 11.6 Å². The second kappa shape index (κ2) is 6.59. The quantitative estimate of drug-likeness (QED) is 0.850. The van der Waals surface area contributed by atoms with Crippen LogP contribution in [0.15, 0.2) is 42.5 Å². The molecule has 0 saturated heterocycles. The number of carbonyl (C=O) groups excluding carboxylic acids is 1. The van der Waals surface area contributed by atoms with E-state index >= 15 is 0 Å². The van der Waals surface area contributed by atoms with Gasteiger partial charge in [0.1, 0.15) is 5.82 Å². The number of hydrogen-bond acceptors (Lipinski definition) is 2. The van der Waals surface area contributed by atoms with Crippen LogP contribution in [0.4, 0.5) is 10.1 Å². The van der Waals surface area contributed by atoms with E-state index in [0.29, 0.717) is 11.4 Å². The molecule has 3 N–H and O–H groups in total. The van der Waals surface area contributed by atoms with Gasteiger partial charge in [0.2, 0.25) is 0 Å². The maximum atomic E-state index is 13.7. The Labute approximate surface area is 127 Å². The molecule has 21 heavy (non-hydrogen) atoms. The number of nitrogens with one attached hydrogen (secondary N) is 1. The standard InChI is InChI=1S/C16H16ClFN2O/c1-10(7-11-3-2-4-12(17)8-11)20-16(21)14-6-5-13(19)9-15(14)18/h2-6,8-10H,7,19H2,1H3,(H,20,21). The lowest BCUT2D eigenvalue weighted by atomic mass is 10.1. The maximum absolute atomic E-state index is 13.7. The molecule has 3 nitrogen and oxygen atoms in total. The van der Waals surface area contributed by atoms with E-state index in [0.717, 1.165) is 11.6 Å². The van der Waals surface area contributed by atoms with E-state index in [1.165, 1.54) is 12.1 Å². The van der Waals surface area contributed by atoms with Crippen LogP contribution in [-0.2, 0) is 6.42 Å². The average Bonchev–Trinajstić information content (AvgIpc) is 2.38. The summed E-state index contributed by atoms with van der Waals surface area (Å²) >= 11 is 5.92. The van der Waals surface area contributed by atoms with E-state index in [4.69, 9.17) is 17.3 Å². The van der Waals surface area contributed by atoms with E-state index in [-0.39, 0.29) is 17.3 Å². The van der Waals surface area contributed by atoms with Gasteiger partial charge in [0.05, 0.1) is 5.56 Å². The van der Waals surface area contributed by atoms with Crippen molar-refractivity contribution in [2.75, 3.05) is 5.73 Å². The van der Waals surface area contributed by atoms with E-state index in [1.807, 2.05) is 25.1 Å². The Hall–Kier alpha value is -2.07. The molecular formula is C16H16ClFN2O. The minimum absolute atomic E-state index is 0.0119. The van der Waals surface area contributed by atoms with Gasteiger partial charge in [0.15, 0.2) is 0 Å². The Kier molecular flexibility index (Phi) is 4.81. The van der Waals surface area contributed by atoms with E-state index < -0.39 is 11.7 Å². The molecule has 5 heteroatoms. The zero-order valence-electron chi connectivity index (χ0n) is 11.6. The summed E-state index contributed by atoms with van der Waals surface area (Å²) in [5, 5.41) is 3.41. The fourth-order valence-corrected chi connectivity index (χ4v) is 2.30. The van der Waals surface area contributed by atoms with Gasteiger partial charge < -0.3 is 11.1 Å². The Morgan fingerprint density at radius 3 is 2.76 bits per heavy atom. The molecule has 0 spiro atoms. The molecule has 0 heterocycles. The summed E-state index contributed by atoms with van der Waals surface area (Å²) in [7, 11) is 0. The largest absolute Gasteiger partial charge is 0.399 e. The first-order valence-corrected chi connectivity index (χ1v) is 6.94. The number of nitrogen functional groups attached to an aromatic ring is 1. The zero-order valence-corrected chi connectivity index (χ0v) is 12.3. The van der Waals surface area contributed by atoms with Crippen LogP contribution in [0.25, 0.3) is 0 Å². The van der Waals surface area contributed by atoms with Crippen LogP contribution in [0.2, 0.25) is 5.02 Å². The lowest BCUT2D eigenvalue weighted by Crippen LogP contribution is -2.34. The number of rotatable bonds is 4. The van der Waals surface area contributed by atoms with Crippen molar-refractivity contribution < 1.29 is 9.18 Å². The van der Waals surface area contributed by atoms with Gasteiger partial charge in [-0.25, -0.2) is 4.39 Å². The highest BCUT2D eigenvalue weighted by Gasteiger charge is 2.14. The summed E-state index contributed by atoms with van der Waals surface area (Å²) in [5.74, 6) is -1.08. The number of hydrogen-bond donors (Lipinski definition) is 2. The van der Waals surface area contributed by atoms with Crippen LogP contribution in [0.5, 0.6) is 0 Å². The van der Waals surface area contributed by atoms with Gasteiger partial charge >= 0.3 is 0 Å². The van der Waals surface area contributed by atoms with E-state index in [1.54, 1.807) is 6.07 Å². The molecule has 0 aliphatic rings. The summed E-state index contributed by atoms with van der Waals surface area (Å²) in [5.41, 5.74) is 6.74. The van der Waals surface area contributed by atoms with Crippen molar-refractivity contribution in [3.8, 4) is 0 Å². The maximum Gasteiger partial charge on any atom is 0.254 e. The van der Waals surface area contributed by atoms with E-state index in [2.05, 4.69) is 5.32 Å². The Morgan fingerprint density at radius 1 is 1.33 bits per heavy atom. The highest BCUT2D eigenvalue weighted by atomic mass is 35.5. The minimum Gasteiger partial charge on any atom is -0.399 e. The van der Waals surface area contributed by atoms with Crippen LogP contribution in [-0.4, -0.2) is 11.9 Å². The number of amides is 1. The normalized spacial score (nSPS) is 12.0. The highest BCUT2D eigenvalue weighted by Crippen LogP contribution is 2.14. The molecule has 0 aliphatic carbocycles. The molecule has 2 rings (SSSR count). The Balaban J connectivity index is 2.02. The second-order valence-corrected chi connectivity index (χ2v) is 5.38. The first-order chi connectivity index (χ1) is 9.95. The molecule has 0 radical (unpaired) electrons. The summed E-state index contributed by atoms with van der Waals surface area (Å²) < 4.78 is 13.7. The van der Waals surface area contributed by atoms with Crippen LogP contribution in [0, 0.1) is 5.82 Å². The molecule has 1 atom stereocenters. The van der Waals surface area contributed by atoms with Crippen molar-refractivity contribution in [2.24, 2.45) is 0 Å². The summed E-state index contributed by atoms with van der Waals surface area (Å²) in [6.45, 7) is 1.86. The molecule has 0 fully saturated rings. The zero-order chi connectivity index (χ0) is 15.4. The first-order valence-electron chi connectivity index (χ1n) is 6.56. The molecule has 1 amide bonds. The predicted octanol–water partition coefficient (Wildman–Crippen LogP) is 3.42. The molecule has 1 unspecified atom stereocenters. The molecule has 110 valence electrons. The number of carbonyl (C=O) groups is 1. The van der Waals surface area contributed by atoms with Gasteiger partial charge in [-0.05, 0) is 49.2 Å². The van der Waals surface area contributed by atoms with Crippen LogP contribution in [0.1, 0.15) is 22.8 Å². The topological polar surface area (TPSA) is 55.1 Å². The minimum atomic E-state index is -0.623. The van der Waals surface area contributed by atoms with Crippen LogP contribution in [0.3, 0.4) is 0 Å². The molecule has 2 aromatic rings. The smallest absolute Gasteiger partial charge is 0.254 e. The predicted molar refractivity (Wildman–Crippen MR) is 82.9 cm³/mol. The van der Waals surface area contributed by atoms with Crippen molar-refractivity contribution >= 4 is 23.2 Å². The van der Waals surface area contributed by atoms with Gasteiger partial charge in [0, 0.05) is 16.8 Å². The lowest BCUT2D eigenvalue weighted by molar-refractivity contribution is 0.0936. The monoisotopic (exact) mass is 306 g/mol. The molecule has 0 aromatic heterocycles. The third kappa shape index (κ3) is 4.20. The van der Waals surface area contributed by atoms with Gasteiger partial charge in [-0.2, -0.15) is 0 Å². The van der Waals surface area contributed by atoms with Gasteiger partial charge in [-0.15, -0.1) is 0 Å². The van der Waals surface area contributed by atoms with Gasteiger partial charge in [0.25, 0.3) is 5.91 Å². The molecule has 0 bridgehead atoms. The SMILES string of the molecule is CC(Cc1cccc(Cl)c1)NC(=O)c1ccc(N)cc1F. The summed E-state index contributed by atoms with van der Waals surface area (Å²) in [6, 6.07) is 11.3. The second-order valence-electron chi connectivity index (χ2n) is 4.95. The third-order valence-electron chi connectivity index (χ3n) is 3.05. The average molecular weight is 307 g/mol. The molecule has 0 saturated carbocycles. The fourth-order valence-electron chi connectivity index (χ4n) is 2.09. The van der Waals surface area contributed by atoms with Crippen molar-refractivity contribution in [3.05, 3.63) is 64.4 Å². The number of benzene rings is 2. The van der Waals surface area contributed by atoms with Gasteiger partial charge in [-0.1, -0.05) is 23.7 Å².